The lowest BCUT2D eigenvalue weighted by molar-refractivity contribution is -0.139. The van der Waals surface area contributed by atoms with Gasteiger partial charge >= 0.3 is 12.0 Å². The average molecular weight is 260 g/mol. The minimum Gasteiger partial charge on any atom is -0.480 e. The third kappa shape index (κ3) is 4.72. The smallest absolute Gasteiger partial charge is 0.327 e. The molecule has 2 amide bonds. The molecule has 0 fully saturated rings. The van der Waals surface area contributed by atoms with Crippen LogP contribution in [0.4, 0.5) is 4.79 Å². The van der Waals surface area contributed by atoms with E-state index in [0.717, 1.165) is 11.1 Å². The molecule has 19 heavy (non-hydrogen) atoms. The summed E-state index contributed by atoms with van der Waals surface area (Å²) in [5.41, 5.74) is 2.03. The van der Waals surface area contributed by atoms with Crippen molar-refractivity contribution < 1.29 is 14.7 Å². The maximum Gasteiger partial charge on any atom is 0.327 e. The Morgan fingerprint density at radius 3 is 2.68 bits per heavy atom. The van der Waals surface area contributed by atoms with E-state index >= 15 is 0 Å². The number of benzene rings is 1. The Bertz CT molecular complexity index is 506. The van der Waals surface area contributed by atoms with Crippen LogP contribution in [-0.4, -0.2) is 23.1 Å². The van der Waals surface area contributed by atoms with E-state index in [-0.39, 0.29) is 6.42 Å². The second-order valence-electron chi connectivity index (χ2n) is 4.05. The van der Waals surface area contributed by atoms with Crippen molar-refractivity contribution in [3.63, 3.8) is 0 Å². The molecule has 1 aromatic carbocycles. The van der Waals surface area contributed by atoms with Crippen molar-refractivity contribution in [1.82, 2.24) is 10.6 Å². The van der Waals surface area contributed by atoms with Gasteiger partial charge in [-0.25, -0.2) is 9.59 Å². The summed E-state index contributed by atoms with van der Waals surface area (Å²) in [7, 11) is 0. The number of hydrogen-bond donors (Lipinski definition) is 3. The number of terminal acetylenes is 1. The highest BCUT2D eigenvalue weighted by Gasteiger charge is 2.18. The fourth-order valence-electron chi connectivity index (χ4n) is 1.51. The van der Waals surface area contributed by atoms with E-state index in [0.29, 0.717) is 6.54 Å². The molecule has 1 rings (SSSR count). The first-order valence-electron chi connectivity index (χ1n) is 5.79. The second kappa shape index (κ2) is 7.07. The molecule has 0 heterocycles. The molecular weight excluding hydrogens is 244 g/mol. The van der Waals surface area contributed by atoms with E-state index in [9.17, 15) is 9.59 Å². The molecule has 100 valence electrons. The number of carboxylic acids is 1. The number of rotatable bonds is 5. The summed E-state index contributed by atoms with van der Waals surface area (Å²) < 4.78 is 0. The van der Waals surface area contributed by atoms with E-state index in [1.807, 2.05) is 31.2 Å². The molecule has 5 nitrogen and oxygen atoms in total. The number of aliphatic carboxylic acids is 1. The maximum atomic E-state index is 11.6. The molecule has 1 unspecified atom stereocenters. The van der Waals surface area contributed by atoms with Gasteiger partial charge < -0.3 is 15.7 Å². The molecular formula is C14H16N2O3. The molecule has 0 spiro atoms. The van der Waals surface area contributed by atoms with Gasteiger partial charge in [0.25, 0.3) is 0 Å². The summed E-state index contributed by atoms with van der Waals surface area (Å²) in [5, 5.41) is 13.8. The first-order chi connectivity index (χ1) is 9.04. The van der Waals surface area contributed by atoms with E-state index < -0.39 is 18.0 Å². The van der Waals surface area contributed by atoms with Gasteiger partial charge in [0.2, 0.25) is 0 Å². The fourth-order valence-corrected chi connectivity index (χ4v) is 1.51. The van der Waals surface area contributed by atoms with Crippen LogP contribution in [0.3, 0.4) is 0 Å². The van der Waals surface area contributed by atoms with Crippen LogP contribution in [0, 0.1) is 19.3 Å². The van der Waals surface area contributed by atoms with Crippen LogP contribution < -0.4 is 10.6 Å². The first-order valence-corrected chi connectivity index (χ1v) is 5.79. The summed E-state index contributed by atoms with van der Waals surface area (Å²) in [4.78, 5) is 22.4. The summed E-state index contributed by atoms with van der Waals surface area (Å²) in [6.45, 7) is 2.27. The number of nitrogens with one attached hydrogen (secondary N) is 2. The highest BCUT2D eigenvalue weighted by Crippen LogP contribution is 2.05. The molecule has 0 saturated carbocycles. The molecule has 0 saturated heterocycles. The lowest BCUT2D eigenvalue weighted by Gasteiger charge is -2.13. The monoisotopic (exact) mass is 260 g/mol. The van der Waals surface area contributed by atoms with Gasteiger partial charge in [0.15, 0.2) is 0 Å². The molecule has 0 aromatic heterocycles. The minimum atomic E-state index is -1.15. The van der Waals surface area contributed by atoms with Gasteiger partial charge in [-0.05, 0) is 18.1 Å². The minimum absolute atomic E-state index is 0.0485. The molecule has 5 heteroatoms. The molecule has 1 aromatic rings. The van der Waals surface area contributed by atoms with Crippen molar-refractivity contribution >= 4 is 12.0 Å². The predicted molar refractivity (Wildman–Crippen MR) is 71.4 cm³/mol. The van der Waals surface area contributed by atoms with Crippen molar-refractivity contribution in [2.24, 2.45) is 0 Å². The summed E-state index contributed by atoms with van der Waals surface area (Å²) in [6, 6.07) is 6.00. The van der Waals surface area contributed by atoms with Crippen molar-refractivity contribution in [3.05, 3.63) is 35.4 Å². The zero-order chi connectivity index (χ0) is 14.3. The zero-order valence-corrected chi connectivity index (χ0v) is 10.6. The van der Waals surface area contributed by atoms with Gasteiger partial charge in [0.05, 0.1) is 0 Å². The molecule has 3 N–H and O–H groups in total. The third-order valence-corrected chi connectivity index (χ3v) is 2.63. The van der Waals surface area contributed by atoms with Crippen molar-refractivity contribution in [3.8, 4) is 12.3 Å². The van der Waals surface area contributed by atoms with Crippen LogP contribution in [-0.2, 0) is 11.3 Å². The zero-order valence-electron chi connectivity index (χ0n) is 10.6. The van der Waals surface area contributed by atoms with Gasteiger partial charge in [-0.2, -0.15) is 0 Å². The van der Waals surface area contributed by atoms with Gasteiger partial charge in [-0.15, -0.1) is 12.3 Å². The van der Waals surface area contributed by atoms with Crippen LogP contribution in [0.1, 0.15) is 17.5 Å². The summed E-state index contributed by atoms with van der Waals surface area (Å²) in [5.74, 6) is 1.06. The Morgan fingerprint density at radius 1 is 1.42 bits per heavy atom. The Hall–Kier alpha value is -2.48. The van der Waals surface area contributed by atoms with Crippen LogP contribution in [0.5, 0.6) is 0 Å². The van der Waals surface area contributed by atoms with Crippen LogP contribution >= 0.6 is 0 Å². The normalized spacial score (nSPS) is 11.2. The summed E-state index contributed by atoms with van der Waals surface area (Å²) in [6.07, 6.45) is 4.99. The third-order valence-electron chi connectivity index (χ3n) is 2.63. The molecule has 0 bridgehead atoms. The molecule has 0 aliphatic carbocycles. The largest absolute Gasteiger partial charge is 0.480 e. The van der Waals surface area contributed by atoms with Crippen LogP contribution in [0.15, 0.2) is 24.3 Å². The SMILES string of the molecule is C#CCC(NC(=O)NCc1ccccc1C)C(=O)O. The number of hydrogen-bond acceptors (Lipinski definition) is 2. The lowest BCUT2D eigenvalue weighted by atomic mass is 10.1. The molecule has 0 aliphatic rings. The number of amides is 2. The topological polar surface area (TPSA) is 78.4 Å². The number of carbonyl (C=O) groups excluding carboxylic acids is 1. The van der Waals surface area contributed by atoms with Crippen molar-refractivity contribution in [2.45, 2.75) is 25.9 Å². The quantitative estimate of drug-likeness (QED) is 0.698. The standard InChI is InChI=1S/C14H16N2O3/c1-3-6-12(13(17)18)16-14(19)15-9-11-8-5-4-7-10(11)2/h1,4-5,7-8,12H,6,9H2,2H3,(H,17,18)(H2,15,16,19). The van der Waals surface area contributed by atoms with Crippen LogP contribution in [0.2, 0.25) is 0 Å². The molecule has 0 aliphatic heterocycles. The second-order valence-corrected chi connectivity index (χ2v) is 4.05. The number of carbonyl (C=O) groups is 2. The van der Waals surface area contributed by atoms with E-state index in [1.165, 1.54) is 0 Å². The number of carboxylic acid groups (broad SMARTS) is 1. The molecule has 1 atom stereocenters. The molecule has 0 radical (unpaired) electrons. The van der Waals surface area contributed by atoms with E-state index in [4.69, 9.17) is 11.5 Å². The average Bonchev–Trinajstić information content (AvgIpc) is 2.37. The lowest BCUT2D eigenvalue weighted by Crippen LogP contribution is -2.45. The van der Waals surface area contributed by atoms with Crippen LogP contribution in [0.25, 0.3) is 0 Å². The fraction of sp³-hybridized carbons (Fsp3) is 0.286. The Morgan fingerprint density at radius 2 is 2.11 bits per heavy atom. The Kier molecular flexibility index (Phi) is 5.42. The number of urea groups is 1. The Labute approximate surface area is 112 Å². The van der Waals surface area contributed by atoms with Gasteiger partial charge in [-0.1, -0.05) is 24.3 Å². The summed E-state index contributed by atoms with van der Waals surface area (Å²) >= 11 is 0. The van der Waals surface area contributed by atoms with E-state index in [1.54, 1.807) is 0 Å². The highest BCUT2D eigenvalue weighted by molar-refractivity contribution is 5.82. The first kappa shape index (κ1) is 14.6. The van der Waals surface area contributed by atoms with Gasteiger partial charge in [0, 0.05) is 13.0 Å². The van der Waals surface area contributed by atoms with Gasteiger partial charge in [0.1, 0.15) is 6.04 Å². The van der Waals surface area contributed by atoms with Crippen molar-refractivity contribution in [2.75, 3.05) is 0 Å². The Balaban J connectivity index is 2.50. The van der Waals surface area contributed by atoms with E-state index in [2.05, 4.69) is 16.6 Å². The maximum absolute atomic E-state index is 11.6. The predicted octanol–water partition coefficient (Wildman–Crippen LogP) is 1.27. The number of aryl methyl sites for hydroxylation is 1. The van der Waals surface area contributed by atoms with Crippen molar-refractivity contribution in [1.29, 1.82) is 0 Å². The highest BCUT2D eigenvalue weighted by atomic mass is 16.4. The van der Waals surface area contributed by atoms with Gasteiger partial charge in [-0.3, -0.25) is 0 Å².